The predicted octanol–water partition coefficient (Wildman–Crippen LogP) is 11.7. The Morgan fingerprint density at radius 3 is 1.17 bits per heavy atom. The molecule has 0 radical (unpaired) electrons. The van der Waals surface area contributed by atoms with Gasteiger partial charge in [-0.05, 0) is 19.3 Å². The van der Waals surface area contributed by atoms with Gasteiger partial charge < -0.3 is 20.6 Å². The second kappa shape index (κ2) is 37.9. The summed E-state index contributed by atoms with van der Waals surface area (Å²) >= 11 is 0. The number of unbranched alkanes of at least 4 members (excludes halogenated alkanes) is 30. The standard InChI is InChI=1S/C42H83NO4/c1-3-5-7-9-11-13-15-16-17-18-19-20-21-22-23-24-25-27-29-31-33-35-37-41(46)42(47)43-39(38-44)40(45)36-34-32-30-28-26-14-12-10-8-6-4-2/h34,36,39-41,44-46H,3-33,35,37-38H2,1-2H3,(H,43,47)/b36-34+. The Morgan fingerprint density at radius 1 is 0.511 bits per heavy atom. The molecule has 0 rings (SSSR count). The van der Waals surface area contributed by atoms with Gasteiger partial charge in [0.15, 0.2) is 0 Å². The van der Waals surface area contributed by atoms with Crippen LogP contribution < -0.4 is 5.32 Å². The monoisotopic (exact) mass is 666 g/mol. The van der Waals surface area contributed by atoms with Crippen LogP contribution in [-0.2, 0) is 4.79 Å². The van der Waals surface area contributed by atoms with Crippen LogP contribution in [-0.4, -0.2) is 46.1 Å². The summed E-state index contributed by atoms with van der Waals surface area (Å²) in [5, 5.41) is 33.0. The Bertz CT molecular complexity index is 655. The topological polar surface area (TPSA) is 89.8 Å². The quantitative estimate of drug-likeness (QED) is 0.0390. The van der Waals surface area contributed by atoms with Crippen molar-refractivity contribution in [3.63, 3.8) is 0 Å². The SMILES string of the molecule is CCCCCCCCCCC/C=C/C(O)C(CO)NC(=O)C(O)CCCCCCCCCCCCCCCCCCCCCCCC. The molecule has 3 atom stereocenters. The van der Waals surface area contributed by atoms with E-state index in [0.717, 1.165) is 32.1 Å². The molecule has 0 aliphatic carbocycles. The van der Waals surface area contributed by atoms with Crippen molar-refractivity contribution in [2.45, 2.75) is 244 Å². The summed E-state index contributed by atoms with van der Waals surface area (Å²) in [6, 6.07) is -0.791. The lowest BCUT2D eigenvalue weighted by atomic mass is 10.0. The number of carbonyl (C=O) groups is 1. The number of aliphatic hydroxyl groups excluding tert-OH is 3. The van der Waals surface area contributed by atoms with E-state index in [-0.39, 0.29) is 6.61 Å². The normalized spacial score (nSPS) is 13.7. The summed E-state index contributed by atoms with van der Waals surface area (Å²) in [6.45, 7) is 4.17. The molecule has 4 N–H and O–H groups in total. The lowest BCUT2D eigenvalue weighted by molar-refractivity contribution is -0.131. The molecule has 280 valence electrons. The zero-order chi connectivity index (χ0) is 34.5. The van der Waals surface area contributed by atoms with Crippen LogP contribution in [0.4, 0.5) is 0 Å². The molecule has 47 heavy (non-hydrogen) atoms. The molecule has 0 aromatic rings. The number of hydrogen-bond acceptors (Lipinski definition) is 4. The van der Waals surface area contributed by atoms with Gasteiger partial charge >= 0.3 is 0 Å². The fourth-order valence-corrected chi connectivity index (χ4v) is 6.54. The number of amides is 1. The van der Waals surface area contributed by atoms with Crippen molar-refractivity contribution in [2.24, 2.45) is 0 Å². The number of rotatable bonds is 38. The molecule has 3 unspecified atom stereocenters. The van der Waals surface area contributed by atoms with Crippen molar-refractivity contribution in [3.8, 4) is 0 Å². The van der Waals surface area contributed by atoms with Crippen LogP contribution in [0.15, 0.2) is 12.2 Å². The fourth-order valence-electron chi connectivity index (χ4n) is 6.54. The molecule has 0 aliphatic heterocycles. The van der Waals surface area contributed by atoms with Crippen LogP contribution in [0.25, 0.3) is 0 Å². The Balaban J connectivity index is 3.59. The second-order valence-electron chi connectivity index (χ2n) is 14.6. The first kappa shape index (κ1) is 46.1. The van der Waals surface area contributed by atoms with E-state index < -0.39 is 24.2 Å². The Labute approximate surface area is 293 Å². The van der Waals surface area contributed by atoms with E-state index >= 15 is 0 Å². The van der Waals surface area contributed by atoms with Gasteiger partial charge in [-0.15, -0.1) is 0 Å². The Morgan fingerprint density at radius 2 is 0.830 bits per heavy atom. The van der Waals surface area contributed by atoms with E-state index in [1.165, 1.54) is 173 Å². The van der Waals surface area contributed by atoms with E-state index in [2.05, 4.69) is 19.2 Å². The van der Waals surface area contributed by atoms with Crippen molar-refractivity contribution in [3.05, 3.63) is 12.2 Å². The van der Waals surface area contributed by atoms with E-state index in [4.69, 9.17) is 0 Å². The van der Waals surface area contributed by atoms with Gasteiger partial charge in [-0.25, -0.2) is 0 Å². The van der Waals surface area contributed by atoms with Crippen LogP contribution in [0.2, 0.25) is 0 Å². The van der Waals surface area contributed by atoms with Crippen molar-refractivity contribution in [1.29, 1.82) is 0 Å². The van der Waals surface area contributed by atoms with Crippen LogP contribution in [0.3, 0.4) is 0 Å². The first-order valence-corrected chi connectivity index (χ1v) is 21.0. The molecule has 0 saturated heterocycles. The highest BCUT2D eigenvalue weighted by atomic mass is 16.3. The maximum absolute atomic E-state index is 12.4. The summed E-state index contributed by atoms with van der Waals surface area (Å²) in [5.41, 5.74) is 0. The molecule has 0 saturated carbocycles. The van der Waals surface area contributed by atoms with Crippen molar-refractivity contribution in [2.75, 3.05) is 6.61 Å². The summed E-state index contributed by atoms with van der Waals surface area (Å²) in [7, 11) is 0. The molecular weight excluding hydrogens is 582 g/mol. The molecule has 0 aliphatic rings. The molecule has 0 spiro atoms. The minimum absolute atomic E-state index is 0.360. The average Bonchev–Trinajstić information content (AvgIpc) is 3.07. The van der Waals surface area contributed by atoms with Crippen LogP contribution in [0, 0.1) is 0 Å². The summed E-state index contributed by atoms with van der Waals surface area (Å²) < 4.78 is 0. The summed E-state index contributed by atoms with van der Waals surface area (Å²) in [4.78, 5) is 12.4. The maximum atomic E-state index is 12.4. The average molecular weight is 666 g/mol. The lowest BCUT2D eigenvalue weighted by Crippen LogP contribution is -2.48. The molecule has 0 aromatic heterocycles. The molecule has 5 heteroatoms. The minimum Gasteiger partial charge on any atom is -0.394 e. The first-order valence-electron chi connectivity index (χ1n) is 21.0. The minimum atomic E-state index is -1.09. The van der Waals surface area contributed by atoms with E-state index in [0.29, 0.717) is 6.42 Å². The van der Waals surface area contributed by atoms with Crippen molar-refractivity contribution >= 4 is 5.91 Å². The highest BCUT2D eigenvalue weighted by Gasteiger charge is 2.22. The van der Waals surface area contributed by atoms with Crippen molar-refractivity contribution in [1.82, 2.24) is 5.32 Å². The van der Waals surface area contributed by atoms with E-state index in [1.807, 2.05) is 6.08 Å². The zero-order valence-electron chi connectivity index (χ0n) is 31.7. The van der Waals surface area contributed by atoms with Gasteiger partial charge in [0.05, 0.1) is 18.8 Å². The summed E-state index contributed by atoms with van der Waals surface area (Å²) in [6.07, 6.45) is 43.9. The number of allylic oxidation sites excluding steroid dienone is 1. The van der Waals surface area contributed by atoms with Crippen LogP contribution in [0.5, 0.6) is 0 Å². The lowest BCUT2D eigenvalue weighted by Gasteiger charge is -2.21. The van der Waals surface area contributed by atoms with Gasteiger partial charge in [0.1, 0.15) is 6.10 Å². The number of carbonyl (C=O) groups excluding carboxylic acids is 1. The summed E-state index contributed by atoms with van der Waals surface area (Å²) in [5.74, 6) is -0.501. The Kier molecular flexibility index (Phi) is 37.2. The maximum Gasteiger partial charge on any atom is 0.249 e. The highest BCUT2D eigenvalue weighted by molar-refractivity contribution is 5.80. The number of hydrogen-bond donors (Lipinski definition) is 4. The van der Waals surface area contributed by atoms with Gasteiger partial charge in [-0.1, -0.05) is 219 Å². The highest BCUT2D eigenvalue weighted by Crippen LogP contribution is 2.16. The van der Waals surface area contributed by atoms with E-state index in [9.17, 15) is 20.1 Å². The fraction of sp³-hybridized carbons (Fsp3) is 0.929. The number of nitrogens with one attached hydrogen (secondary N) is 1. The van der Waals surface area contributed by atoms with E-state index in [1.54, 1.807) is 6.08 Å². The molecular formula is C42H83NO4. The first-order chi connectivity index (χ1) is 23.1. The number of aliphatic hydroxyl groups is 3. The second-order valence-corrected chi connectivity index (χ2v) is 14.6. The molecule has 0 heterocycles. The van der Waals surface area contributed by atoms with Gasteiger partial charge in [0.25, 0.3) is 0 Å². The largest absolute Gasteiger partial charge is 0.394 e. The Hall–Kier alpha value is -0.910. The third kappa shape index (κ3) is 33.4. The van der Waals surface area contributed by atoms with Crippen LogP contribution >= 0.6 is 0 Å². The van der Waals surface area contributed by atoms with Gasteiger partial charge in [-0.3, -0.25) is 4.79 Å². The molecule has 0 bridgehead atoms. The third-order valence-electron chi connectivity index (χ3n) is 9.88. The smallest absolute Gasteiger partial charge is 0.249 e. The molecule has 0 fully saturated rings. The molecule has 5 nitrogen and oxygen atoms in total. The van der Waals surface area contributed by atoms with Gasteiger partial charge in [0, 0.05) is 0 Å². The molecule has 1 amide bonds. The molecule has 0 aromatic carbocycles. The zero-order valence-corrected chi connectivity index (χ0v) is 31.7. The van der Waals surface area contributed by atoms with Gasteiger partial charge in [-0.2, -0.15) is 0 Å². The van der Waals surface area contributed by atoms with Gasteiger partial charge in [0.2, 0.25) is 5.91 Å². The van der Waals surface area contributed by atoms with Crippen molar-refractivity contribution < 1.29 is 20.1 Å². The van der Waals surface area contributed by atoms with Crippen LogP contribution in [0.1, 0.15) is 226 Å². The third-order valence-corrected chi connectivity index (χ3v) is 9.88. The predicted molar refractivity (Wildman–Crippen MR) is 204 cm³/mol.